The van der Waals surface area contributed by atoms with Gasteiger partial charge in [0.1, 0.15) is 6.10 Å². The largest absolute Gasteiger partial charge is 0.446 e. The van der Waals surface area contributed by atoms with Crippen LogP contribution in [0.25, 0.3) is 11.3 Å². The fourth-order valence-electron chi connectivity index (χ4n) is 6.32. The summed E-state index contributed by atoms with van der Waals surface area (Å²) in [5.41, 5.74) is 11.3. The van der Waals surface area contributed by atoms with E-state index in [1.54, 1.807) is 13.2 Å². The van der Waals surface area contributed by atoms with E-state index in [1.807, 2.05) is 73.7 Å². The zero-order valence-corrected chi connectivity index (χ0v) is 26.9. The highest BCUT2D eigenvalue weighted by Crippen LogP contribution is 2.29. The van der Waals surface area contributed by atoms with Crippen molar-refractivity contribution >= 4 is 40.6 Å². The van der Waals surface area contributed by atoms with Crippen molar-refractivity contribution in [3.05, 3.63) is 94.4 Å². The summed E-state index contributed by atoms with van der Waals surface area (Å²) >= 11 is 0. The lowest BCUT2D eigenvalue weighted by atomic mass is 10.0. The molecule has 2 aliphatic heterocycles. The third-order valence-electron chi connectivity index (χ3n) is 9.00. The first-order chi connectivity index (χ1) is 22.7. The molecule has 3 aromatic carbocycles. The number of rotatable bonds is 8. The quantitative estimate of drug-likeness (QED) is 0.221. The van der Waals surface area contributed by atoms with Gasteiger partial charge in [-0.1, -0.05) is 12.1 Å². The van der Waals surface area contributed by atoms with Crippen LogP contribution in [-0.2, 0) is 11.8 Å². The van der Waals surface area contributed by atoms with E-state index in [0.29, 0.717) is 29.8 Å². The average molecular weight is 636 g/mol. The summed E-state index contributed by atoms with van der Waals surface area (Å²) in [7, 11) is 1.70. The molecule has 4 aromatic rings. The molecule has 2 amide bonds. The Balaban J connectivity index is 1.15. The molecule has 0 saturated carbocycles. The zero-order valence-electron chi connectivity index (χ0n) is 26.9. The molecule has 6 rings (SSSR count). The number of nitrogens with zero attached hydrogens (tertiary/aromatic N) is 4. The van der Waals surface area contributed by atoms with Crippen LogP contribution >= 0.6 is 0 Å². The van der Waals surface area contributed by atoms with Crippen LogP contribution in [0.3, 0.4) is 0 Å². The number of primary amides is 1. The van der Waals surface area contributed by atoms with Crippen LogP contribution in [0.2, 0.25) is 0 Å². The minimum absolute atomic E-state index is 0.151. The molecule has 1 aromatic heterocycles. The highest BCUT2D eigenvalue weighted by Gasteiger charge is 2.22. The molecule has 0 bridgehead atoms. The smallest absolute Gasteiger partial charge is 0.404 e. The Hall–Kier alpha value is -5.32. The summed E-state index contributed by atoms with van der Waals surface area (Å²) < 4.78 is 6.64. The molecule has 0 atom stereocenters. The Morgan fingerprint density at radius 3 is 2.17 bits per heavy atom. The van der Waals surface area contributed by atoms with Crippen molar-refractivity contribution in [3.8, 4) is 11.3 Å². The van der Waals surface area contributed by atoms with E-state index in [2.05, 4.69) is 20.4 Å². The molecule has 11 nitrogen and oxygen atoms in total. The molecule has 11 heteroatoms. The number of amides is 2. The Kier molecular flexibility index (Phi) is 9.42. The summed E-state index contributed by atoms with van der Waals surface area (Å²) in [6.45, 7) is 5.54. The monoisotopic (exact) mass is 635 g/mol. The van der Waals surface area contributed by atoms with Crippen LogP contribution in [0.4, 0.5) is 33.4 Å². The second-order valence-corrected chi connectivity index (χ2v) is 12.2. The number of benzene rings is 3. The van der Waals surface area contributed by atoms with Gasteiger partial charge in [0, 0.05) is 86.1 Å². The lowest BCUT2D eigenvalue weighted by molar-refractivity contribution is 0.0912. The number of carbonyl (C=O) groups is 2. The topological polar surface area (TPSA) is 135 Å². The number of piperidine rings is 2. The van der Waals surface area contributed by atoms with Crippen molar-refractivity contribution < 1.29 is 14.3 Å². The summed E-state index contributed by atoms with van der Waals surface area (Å²) in [5.74, 6) is 0.0165. The highest BCUT2D eigenvalue weighted by atomic mass is 16.6. The van der Waals surface area contributed by atoms with Gasteiger partial charge in [-0.05, 0) is 86.3 Å². The van der Waals surface area contributed by atoms with Gasteiger partial charge in [0.05, 0.1) is 5.69 Å². The summed E-state index contributed by atoms with van der Waals surface area (Å²) in [6, 6.07) is 21.3. The summed E-state index contributed by atoms with van der Waals surface area (Å²) in [6.07, 6.45) is 5.92. The van der Waals surface area contributed by atoms with Gasteiger partial charge in [-0.25, -0.2) is 9.78 Å². The van der Waals surface area contributed by atoms with Gasteiger partial charge in [-0.2, -0.15) is 0 Å². The van der Waals surface area contributed by atoms with E-state index < -0.39 is 6.09 Å². The van der Waals surface area contributed by atoms with Crippen molar-refractivity contribution in [2.24, 2.45) is 12.8 Å². The zero-order chi connectivity index (χ0) is 32.9. The Morgan fingerprint density at radius 2 is 1.51 bits per heavy atom. The van der Waals surface area contributed by atoms with E-state index in [4.69, 9.17) is 15.5 Å². The predicted octanol–water partition coefficient (Wildman–Crippen LogP) is 5.81. The minimum atomic E-state index is -0.734. The fraction of sp³-hybridized carbons (Fsp3) is 0.333. The second kappa shape index (κ2) is 14.0. The van der Waals surface area contributed by atoms with E-state index in [9.17, 15) is 14.4 Å². The maximum Gasteiger partial charge on any atom is 0.404 e. The minimum Gasteiger partial charge on any atom is -0.446 e. The van der Waals surface area contributed by atoms with E-state index >= 15 is 0 Å². The molecular formula is C36H41N7O4. The van der Waals surface area contributed by atoms with Crippen LogP contribution in [0.1, 0.15) is 48.0 Å². The third-order valence-corrected chi connectivity index (χ3v) is 9.00. The standard InChI is InChI=1S/C36H41N7O4/c1-24-30(7-6-8-31(24)40-34(44)25-9-13-27(14-10-25)42-19-4-3-5-20-42)32-23-41(2)35(45)33(39-32)38-26-11-15-28(16-12-26)43-21-17-29(18-22-43)47-36(37)46/h6-16,23,29H,3-5,17-22H2,1-2H3,(H2,37,46)(H,38,39)(H,40,44). The number of nitrogens with two attached hydrogens (primary N) is 1. The van der Waals surface area contributed by atoms with Gasteiger partial charge >= 0.3 is 6.09 Å². The maximum atomic E-state index is 13.2. The first-order valence-electron chi connectivity index (χ1n) is 16.2. The van der Waals surface area contributed by atoms with Crippen molar-refractivity contribution in [2.45, 2.75) is 45.1 Å². The van der Waals surface area contributed by atoms with Crippen molar-refractivity contribution in [1.29, 1.82) is 0 Å². The lowest BCUT2D eigenvalue weighted by Gasteiger charge is -2.33. The van der Waals surface area contributed by atoms with E-state index in [1.165, 1.54) is 23.8 Å². The molecule has 47 heavy (non-hydrogen) atoms. The van der Waals surface area contributed by atoms with E-state index in [0.717, 1.165) is 54.4 Å². The van der Waals surface area contributed by atoms with Crippen LogP contribution < -0.4 is 31.7 Å². The number of ether oxygens (including phenoxy) is 1. The number of hydrogen-bond donors (Lipinski definition) is 3. The highest BCUT2D eigenvalue weighted by molar-refractivity contribution is 6.05. The molecule has 244 valence electrons. The van der Waals surface area contributed by atoms with Gasteiger partial charge in [-0.15, -0.1) is 0 Å². The van der Waals surface area contributed by atoms with Gasteiger partial charge < -0.3 is 35.5 Å². The van der Waals surface area contributed by atoms with Crippen LogP contribution in [-0.4, -0.2) is 53.8 Å². The van der Waals surface area contributed by atoms with Gasteiger partial charge in [0.2, 0.25) is 0 Å². The third kappa shape index (κ3) is 7.40. The normalized spacial score (nSPS) is 15.3. The van der Waals surface area contributed by atoms with Crippen molar-refractivity contribution in [1.82, 2.24) is 9.55 Å². The SMILES string of the molecule is Cc1c(NC(=O)c2ccc(N3CCCCC3)cc2)cccc1-c1cn(C)c(=O)c(Nc2ccc(N3CCC(OC(N)=O)CC3)cc2)n1. The van der Waals surface area contributed by atoms with Gasteiger partial charge in [0.15, 0.2) is 5.82 Å². The molecule has 0 radical (unpaired) electrons. The number of anilines is 5. The number of aromatic nitrogens is 2. The number of carbonyl (C=O) groups excluding carboxylic acids is 2. The number of hydrogen-bond acceptors (Lipinski definition) is 8. The Labute approximate surface area is 274 Å². The number of aryl methyl sites for hydroxylation is 1. The Morgan fingerprint density at radius 1 is 0.872 bits per heavy atom. The van der Waals surface area contributed by atoms with Gasteiger partial charge in [-0.3, -0.25) is 9.59 Å². The molecular weight excluding hydrogens is 594 g/mol. The first-order valence-corrected chi connectivity index (χ1v) is 16.2. The van der Waals surface area contributed by atoms with Gasteiger partial charge in [0.25, 0.3) is 11.5 Å². The first kappa shape index (κ1) is 31.7. The fourth-order valence-corrected chi connectivity index (χ4v) is 6.32. The van der Waals surface area contributed by atoms with Crippen LogP contribution in [0, 0.1) is 6.92 Å². The summed E-state index contributed by atoms with van der Waals surface area (Å²) in [5, 5.41) is 6.25. The maximum absolute atomic E-state index is 13.2. The molecule has 3 heterocycles. The van der Waals surface area contributed by atoms with E-state index in [-0.39, 0.29) is 23.4 Å². The average Bonchev–Trinajstić information content (AvgIpc) is 3.08. The molecule has 0 spiro atoms. The van der Waals surface area contributed by atoms with Crippen molar-refractivity contribution in [3.63, 3.8) is 0 Å². The molecule has 2 fully saturated rings. The lowest BCUT2D eigenvalue weighted by Crippen LogP contribution is -2.38. The molecule has 0 unspecified atom stereocenters. The van der Waals surface area contributed by atoms with Crippen LogP contribution in [0.15, 0.2) is 77.7 Å². The molecule has 2 aliphatic rings. The Bertz CT molecular complexity index is 1790. The van der Waals surface area contributed by atoms with Crippen LogP contribution in [0.5, 0.6) is 0 Å². The molecule has 2 saturated heterocycles. The van der Waals surface area contributed by atoms with Crippen molar-refractivity contribution in [2.75, 3.05) is 46.6 Å². The number of nitrogens with one attached hydrogen (secondary N) is 2. The molecule has 0 aliphatic carbocycles. The molecule has 4 N–H and O–H groups in total. The second-order valence-electron chi connectivity index (χ2n) is 12.2. The summed E-state index contributed by atoms with van der Waals surface area (Å²) in [4.78, 5) is 46.7. The predicted molar refractivity (Wildman–Crippen MR) is 186 cm³/mol.